The van der Waals surface area contributed by atoms with Gasteiger partial charge in [0.1, 0.15) is 0 Å². The Hall–Kier alpha value is -1.70. The van der Waals surface area contributed by atoms with E-state index in [1.165, 1.54) is 56.1 Å². The van der Waals surface area contributed by atoms with Crippen molar-refractivity contribution in [2.45, 2.75) is 71.1 Å². The average molecular weight is 322 g/mol. The van der Waals surface area contributed by atoms with Gasteiger partial charge in [0.05, 0.1) is 0 Å². The van der Waals surface area contributed by atoms with Crippen LogP contribution in [-0.2, 0) is 6.42 Å². The molecule has 1 heterocycles. The molecule has 1 saturated carbocycles. The highest BCUT2D eigenvalue weighted by molar-refractivity contribution is 5.55. The molecule has 1 aliphatic carbocycles. The molecule has 0 aliphatic heterocycles. The Labute approximate surface area is 146 Å². The number of rotatable bonds is 6. The van der Waals surface area contributed by atoms with Crippen LogP contribution in [0.2, 0.25) is 0 Å². The largest absolute Gasteiger partial charge is 0.236 e. The summed E-state index contributed by atoms with van der Waals surface area (Å²) in [5, 5.41) is 0. The summed E-state index contributed by atoms with van der Waals surface area (Å²) in [6, 6.07) is 8.70. The third kappa shape index (κ3) is 4.23. The molecule has 1 aromatic heterocycles. The Bertz CT molecular complexity index is 607. The van der Waals surface area contributed by atoms with Crippen molar-refractivity contribution >= 4 is 0 Å². The quantitative estimate of drug-likeness (QED) is 0.635. The van der Waals surface area contributed by atoms with Crippen molar-refractivity contribution in [1.29, 1.82) is 0 Å². The lowest BCUT2D eigenvalue weighted by atomic mass is 9.78. The lowest BCUT2D eigenvalue weighted by molar-refractivity contribution is 0.308. The number of hydrogen-bond donors (Lipinski definition) is 0. The number of benzene rings is 1. The van der Waals surface area contributed by atoms with Gasteiger partial charge in [-0.1, -0.05) is 57.4 Å². The Kier molecular flexibility index (Phi) is 6.01. The van der Waals surface area contributed by atoms with Gasteiger partial charge in [-0.3, -0.25) is 0 Å². The van der Waals surface area contributed by atoms with Crippen LogP contribution in [0, 0.1) is 5.92 Å². The second kappa shape index (κ2) is 8.41. The normalized spacial score (nSPS) is 20.9. The smallest absolute Gasteiger partial charge is 0.159 e. The number of nitrogens with zero attached hydrogens (tertiary/aromatic N) is 2. The van der Waals surface area contributed by atoms with Crippen LogP contribution in [0.15, 0.2) is 36.7 Å². The lowest BCUT2D eigenvalue weighted by Crippen LogP contribution is -2.13. The number of hydrogen-bond acceptors (Lipinski definition) is 2. The van der Waals surface area contributed by atoms with Crippen LogP contribution in [0.1, 0.15) is 75.8 Å². The minimum Gasteiger partial charge on any atom is -0.236 e. The topological polar surface area (TPSA) is 25.8 Å². The predicted molar refractivity (Wildman–Crippen MR) is 101 cm³/mol. The molecular weight excluding hydrogens is 292 g/mol. The molecule has 128 valence electrons. The molecule has 0 atom stereocenters. The molecule has 2 aromatic rings. The summed E-state index contributed by atoms with van der Waals surface area (Å²) in [4.78, 5) is 9.29. The molecule has 24 heavy (non-hydrogen) atoms. The second-order valence-electron chi connectivity index (χ2n) is 7.29. The van der Waals surface area contributed by atoms with Gasteiger partial charge in [-0.05, 0) is 55.1 Å². The van der Waals surface area contributed by atoms with Crippen LogP contribution in [0.3, 0.4) is 0 Å². The van der Waals surface area contributed by atoms with E-state index in [0.717, 1.165) is 23.7 Å². The molecule has 0 bridgehead atoms. The van der Waals surface area contributed by atoms with E-state index >= 15 is 0 Å². The Balaban J connectivity index is 1.63. The molecule has 0 radical (unpaired) electrons. The molecule has 1 fully saturated rings. The van der Waals surface area contributed by atoms with Crippen molar-refractivity contribution < 1.29 is 0 Å². The highest BCUT2D eigenvalue weighted by Gasteiger charge is 2.22. The first-order chi connectivity index (χ1) is 11.8. The van der Waals surface area contributed by atoms with Crippen molar-refractivity contribution in [3.8, 4) is 11.4 Å². The third-order valence-corrected chi connectivity index (χ3v) is 5.44. The van der Waals surface area contributed by atoms with Gasteiger partial charge < -0.3 is 0 Å². The summed E-state index contributed by atoms with van der Waals surface area (Å²) in [5.74, 6) is 2.47. The van der Waals surface area contributed by atoms with Gasteiger partial charge in [0.15, 0.2) is 5.82 Å². The summed E-state index contributed by atoms with van der Waals surface area (Å²) in [7, 11) is 0. The minimum absolute atomic E-state index is 0.666. The first-order valence-electron chi connectivity index (χ1n) is 9.71. The van der Waals surface area contributed by atoms with Crippen LogP contribution in [0.4, 0.5) is 0 Å². The van der Waals surface area contributed by atoms with Crippen LogP contribution < -0.4 is 0 Å². The van der Waals surface area contributed by atoms with Crippen molar-refractivity contribution in [3.05, 3.63) is 47.8 Å². The van der Waals surface area contributed by atoms with Crippen molar-refractivity contribution in [2.24, 2.45) is 5.92 Å². The van der Waals surface area contributed by atoms with Crippen LogP contribution in [0.25, 0.3) is 11.4 Å². The summed E-state index contributed by atoms with van der Waals surface area (Å²) in [6.45, 7) is 4.51. The fourth-order valence-corrected chi connectivity index (χ4v) is 4.00. The zero-order valence-electron chi connectivity index (χ0n) is 15.2. The molecule has 0 unspecified atom stereocenters. The van der Waals surface area contributed by atoms with Gasteiger partial charge in [-0.15, -0.1) is 0 Å². The zero-order chi connectivity index (χ0) is 16.8. The molecule has 1 aromatic carbocycles. The van der Waals surface area contributed by atoms with E-state index < -0.39 is 0 Å². The van der Waals surface area contributed by atoms with E-state index in [9.17, 15) is 0 Å². The summed E-state index contributed by atoms with van der Waals surface area (Å²) >= 11 is 0. The maximum atomic E-state index is 4.64. The fraction of sp³-hybridized carbons (Fsp3) is 0.545. The maximum absolute atomic E-state index is 4.64. The first kappa shape index (κ1) is 17.1. The van der Waals surface area contributed by atoms with E-state index in [0.29, 0.717) is 5.92 Å². The molecule has 1 aliphatic rings. The van der Waals surface area contributed by atoms with Gasteiger partial charge in [0.25, 0.3) is 0 Å². The van der Waals surface area contributed by atoms with Crippen molar-refractivity contribution in [1.82, 2.24) is 9.97 Å². The molecule has 2 heteroatoms. The van der Waals surface area contributed by atoms with Crippen LogP contribution >= 0.6 is 0 Å². The molecule has 0 amide bonds. The minimum atomic E-state index is 0.666. The third-order valence-electron chi connectivity index (χ3n) is 5.44. The summed E-state index contributed by atoms with van der Waals surface area (Å²) < 4.78 is 0. The summed E-state index contributed by atoms with van der Waals surface area (Å²) in [5.41, 5.74) is 3.84. The summed E-state index contributed by atoms with van der Waals surface area (Å²) in [6.07, 6.45) is 14.5. The van der Waals surface area contributed by atoms with E-state index in [-0.39, 0.29) is 0 Å². The van der Waals surface area contributed by atoms with E-state index in [2.05, 4.69) is 60.5 Å². The fourth-order valence-electron chi connectivity index (χ4n) is 4.00. The molecule has 0 saturated heterocycles. The standard InChI is InChI=1S/C22H30N2/c1-3-5-17-7-11-19(12-8-17)21-15-23-22(24-16-21)20-13-9-18(6-4-2)10-14-20/h9-10,13-17,19H,3-8,11-12H2,1-2H3. The zero-order valence-corrected chi connectivity index (χ0v) is 15.2. The molecule has 3 rings (SSSR count). The van der Waals surface area contributed by atoms with Crippen molar-refractivity contribution in [2.75, 3.05) is 0 Å². The van der Waals surface area contributed by atoms with E-state index in [1.54, 1.807) is 0 Å². The monoisotopic (exact) mass is 322 g/mol. The number of aryl methyl sites for hydroxylation is 1. The van der Waals surface area contributed by atoms with E-state index in [4.69, 9.17) is 0 Å². The Morgan fingerprint density at radius 2 is 1.54 bits per heavy atom. The SMILES string of the molecule is CCCc1ccc(-c2ncc(C3CCC(CCC)CC3)cn2)cc1. The second-order valence-corrected chi connectivity index (χ2v) is 7.29. The average Bonchev–Trinajstić information content (AvgIpc) is 2.64. The van der Waals surface area contributed by atoms with Crippen LogP contribution in [0.5, 0.6) is 0 Å². The Morgan fingerprint density at radius 1 is 0.875 bits per heavy atom. The maximum Gasteiger partial charge on any atom is 0.159 e. The van der Waals surface area contributed by atoms with Gasteiger partial charge in [0, 0.05) is 18.0 Å². The van der Waals surface area contributed by atoms with Crippen molar-refractivity contribution in [3.63, 3.8) is 0 Å². The Morgan fingerprint density at radius 3 is 2.12 bits per heavy atom. The first-order valence-corrected chi connectivity index (χ1v) is 9.71. The lowest BCUT2D eigenvalue weighted by Gasteiger charge is -2.28. The van der Waals surface area contributed by atoms with Crippen LogP contribution in [-0.4, -0.2) is 9.97 Å². The highest BCUT2D eigenvalue weighted by atomic mass is 14.9. The van der Waals surface area contributed by atoms with Gasteiger partial charge in [-0.25, -0.2) is 9.97 Å². The van der Waals surface area contributed by atoms with Gasteiger partial charge in [0.2, 0.25) is 0 Å². The molecular formula is C22H30N2. The van der Waals surface area contributed by atoms with E-state index in [1.807, 2.05) is 0 Å². The van der Waals surface area contributed by atoms with Gasteiger partial charge >= 0.3 is 0 Å². The highest BCUT2D eigenvalue weighted by Crippen LogP contribution is 2.37. The number of aromatic nitrogens is 2. The molecule has 0 spiro atoms. The predicted octanol–water partition coefficient (Wildman–Crippen LogP) is 6.17. The molecule has 0 N–H and O–H groups in total. The van der Waals surface area contributed by atoms with Gasteiger partial charge in [-0.2, -0.15) is 0 Å². The molecule has 2 nitrogen and oxygen atoms in total.